The molecule has 0 aliphatic heterocycles. The van der Waals surface area contributed by atoms with Gasteiger partial charge in [-0.2, -0.15) is 5.10 Å². The summed E-state index contributed by atoms with van der Waals surface area (Å²) >= 11 is 4.90. The van der Waals surface area contributed by atoms with Gasteiger partial charge in [0, 0.05) is 24.8 Å². The first-order valence-corrected chi connectivity index (χ1v) is 5.97. The van der Waals surface area contributed by atoms with E-state index in [-0.39, 0.29) is 0 Å². The van der Waals surface area contributed by atoms with Gasteiger partial charge < -0.3 is 11.1 Å². The highest BCUT2D eigenvalue weighted by molar-refractivity contribution is 7.80. The van der Waals surface area contributed by atoms with Crippen molar-refractivity contribution in [1.82, 2.24) is 14.8 Å². The van der Waals surface area contributed by atoms with Gasteiger partial charge in [-0.3, -0.25) is 4.68 Å². The molecule has 0 aliphatic carbocycles. The number of nitrogens with one attached hydrogen (secondary N) is 1. The number of nitrogens with two attached hydrogens (primary N) is 1. The first-order valence-electron chi connectivity index (χ1n) is 5.56. The number of rotatable bonds is 4. The molecule has 2 aromatic rings. The van der Waals surface area contributed by atoms with Crippen LogP contribution in [0.5, 0.6) is 0 Å². The van der Waals surface area contributed by atoms with Crippen LogP contribution in [0.25, 0.3) is 0 Å². The summed E-state index contributed by atoms with van der Waals surface area (Å²) in [5, 5.41) is 7.42. The molecule has 5 nitrogen and oxygen atoms in total. The second-order valence-corrected chi connectivity index (χ2v) is 4.44. The minimum absolute atomic E-state index is 0.302. The molecule has 0 aliphatic rings. The van der Waals surface area contributed by atoms with Crippen LogP contribution in [-0.2, 0) is 13.6 Å². The van der Waals surface area contributed by atoms with Crippen LogP contribution in [0.1, 0.15) is 17.0 Å². The summed E-state index contributed by atoms with van der Waals surface area (Å²) in [5.41, 5.74) is 8.44. The average Bonchev–Trinajstić information content (AvgIpc) is 2.68. The third-order valence-electron chi connectivity index (χ3n) is 2.80. The van der Waals surface area contributed by atoms with Gasteiger partial charge in [-0.1, -0.05) is 18.3 Å². The smallest absolute Gasteiger partial charge is 0.127 e. The number of pyridine rings is 1. The zero-order chi connectivity index (χ0) is 13.1. The Morgan fingerprint density at radius 2 is 2.28 bits per heavy atom. The van der Waals surface area contributed by atoms with Gasteiger partial charge in [0.15, 0.2) is 0 Å². The summed E-state index contributed by atoms with van der Waals surface area (Å²) in [6.45, 7) is 2.70. The number of aryl methyl sites for hydroxylation is 1. The van der Waals surface area contributed by atoms with Crippen LogP contribution in [0.15, 0.2) is 24.4 Å². The number of thiocarbonyl (C=S) groups is 1. The largest absolute Gasteiger partial charge is 0.388 e. The Labute approximate surface area is 111 Å². The number of hydrogen-bond acceptors (Lipinski definition) is 4. The van der Waals surface area contributed by atoms with E-state index < -0.39 is 0 Å². The molecule has 0 saturated carbocycles. The second kappa shape index (κ2) is 5.14. The fraction of sp³-hybridized carbons (Fsp3) is 0.250. The molecular weight excluding hydrogens is 246 g/mol. The first kappa shape index (κ1) is 12.5. The minimum atomic E-state index is 0.302. The van der Waals surface area contributed by atoms with Crippen LogP contribution >= 0.6 is 12.2 Å². The fourth-order valence-corrected chi connectivity index (χ4v) is 1.69. The van der Waals surface area contributed by atoms with Crippen molar-refractivity contribution in [2.75, 3.05) is 5.32 Å². The van der Waals surface area contributed by atoms with Crippen molar-refractivity contribution in [2.45, 2.75) is 13.5 Å². The SMILES string of the molecule is Cc1c(CNc2cccc(C(N)=S)n2)cnn1C. The lowest BCUT2D eigenvalue weighted by atomic mass is 10.2. The van der Waals surface area contributed by atoms with Crippen LogP contribution in [0.2, 0.25) is 0 Å². The van der Waals surface area contributed by atoms with Crippen LogP contribution in [0.4, 0.5) is 5.82 Å². The highest BCUT2D eigenvalue weighted by Crippen LogP contribution is 2.10. The molecule has 0 bridgehead atoms. The maximum absolute atomic E-state index is 5.55. The van der Waals surface area contributed by atoms with Crippen molar-refractivity contribution in [2.24, 2.45) is 12.8 Å². The monoisotopic (exact) mass is 261 g/mol. The lowest BCUT2D eigenvalue weighted by Gasteiger charge is -2.06. The average molecular weight is 261 g/mol. The first-order chi connectivity index (χ1) is 8.58. The van der Waals surface area contributed by atoms with E-state index in [4.69, 9.17) is 18.0 Å². The van der Waals surface area contributed by atoms with E-state index in [0.717, 1.165) is 17.1 Å². The van der Waals surface area contributed by atoms with Gasteiger partial charge in [-0.25, -0.2) is 4.98 Å². The Kier molecular flexibility index (Phi) is 3.57. The number of nitrogens with zero attached hydrogens (tertiary/aromatic N) is 3. The third kappa shape index (κ3) is 2.65. The van der Waals surface area contributed by atoms with Gasteiger partial charge in [0.2, 0.25) is 0 Å². The number of hydrogen-bond donors (Lipinski definition) is 2. The van der Waals surface area contributed by atoms with E-state index in [1.54, 1.807) is 6.07 Å². The molecule has 94 valence electrons. The van der Waals surface area contributed by atoms with Crippen molar-refractivity contribution < 1.29 is 0 Å². The number of anilines is 1. The molecule has 2 heterocycles. The van der Waals surface area contributed by atoms with Crippen LogP contribution in [-0.4, -0.2) is 19.8 Å². The molecule has 3 N–H and O–H groups in total. The molecule has 0 amide bonds. The molecular formula is C12H15N5S. The second-order valence-electron chi connectivity index (χ2n) is 4.00. The summed E-state index contributed by atoms with van der Waals surface area (Å²) in [5.74, 6) is 0.753. The minimum Gasteiger partial charge on any atom is -0.388 e. The highest BCUT2D eigenvalue weighted by Gasteiger charge is 2.04. The van der Waals surface area contributed by atoms with Crippen molar-refractivity contribution >= 4 is 23.0 Å². The fourth-order valence-electron chi connectivity index (χ4n) is 1.57. The van der Waals surface area contributed by atoms with Gasteiger partial charge in [-0.05, 0) is 19.1 Å². The van der Waals surface area contributed by atoms with Crippen molar-refractivity contribution in [1.29, 1.82) is 0 Å². The van der Waals surface area contributed by atoms with Crippen LogP contribution in [0, 0.1) is 6.92 Å². The molecule has 0 radical (unpaired) electrons. The molecule has 18 heavy (non-hydrogen) atoms. The molecule has 0 fully saturated rings. The van der Waals surface area contributed by atoms with Crippen molar-refractivity contribution in [3.05, 3.63) is 41.3 Å². The van der Waals surface area contributed by atoms with E-state index in [0.29, 0.717) is 17.2 Å². The zero-order valence-corrected chi connectivity index (χ0v) is 11.2. The topological polar surface area (TPSA) is 68.8 Å². The Hall–Kier alpha value is -1.95. The van der Waals surface area contributed by atoms with E-state index in [1.807, 2.05) is 37.0 Å². The molecule has 0 saturated heterocycles. The van der Waals surface area contributed by atoms with Gasteiger partial charge >= 0.3 is 0 Å². The maximum Gasteiger partial charge on any atom is 0.127 e. The predicted octanol–water partition coefficient (Wildman–Crippen LogP) is 1.37. The summed E-state index contributed by atoms with van der Waals surface area (Å²) in [7, 11) is 1.92. The highest BCUT2D eigenvalue weighted by atomic mass is 32.1. The molecule has 0 aromatic carbocycles. The summed E-state index contributed by atoms with van der Waals surface area (Å²) in [6.07, 6.45) is 1.85. The van der Waals surface area contributed by atoms with Gasteiger partial charge in [-0.15, -0.1) is 0 Å². The molecule has 0 unspecified atom stereocenters. The Morgan fingerprint density at radius 1 is 1.50 bits per heavy atom. The van der Waals surface area contributed by atoms with Crippen molar-refractivity contribution in [3.63, 3.8) is 0 Å². The third-order valence-corrected chi connectivity index (χ3v) is 3.01. The van der Waals surface area contributed by atoms with Gasteiger partial charge in [0.25, 0.3) is 0 Å². The number of aromatic nitrogens is 3. The van der Waals surface area contributed by atoms with Gasteiger partial charge in [0.1, 0.15) is 10.8 Å². The van der Waals surface area contributed by atoms with E-state index in [9.17, 15) is 0 Å². The van der Waals surface area contributed by atoms with E-state index >= 15 is 0 Å². The Bertz CT molecular complexity index is 576. The molecule has 0 spiro atoms. The summed E-state index contributed by atoms with van der Waals surface area (Å²) in [6, 6.07) is 5.55. The quantitative estimate of drug-likeness (QED) is 0.814. The molecule has 2 rings (SSSR count). The van der Waals surface area contributed by atoms with Crippen LogP contribution in [0.3, 0.4) is 0 Å². The standard InChI is InChI=1S/C12H15N5S/c1-8-9(7-15-17(8)2)6-14-11-5-3-4-10(16-11)12(13)18/h3-5,7H,6H2,1-2H3,(H2,13,18)(H,14,16). The lowest BCUT2D eigenvalue weighted by molar-refractivity contribution is 0.738. The Morgan fingerprint density at radius 3 is 2.89 bits per heavy atom. The molecule has 2 aromatic heterocycles. The van der Waals surface area contributed by atoms with Crippen molar-refractivity contribution in [3.8, 4) is 0 Å². The van der Waals surface area contributed by atoms with Gasteiger partial charge in [0.05, 0.1) is 11.9 Å². The summed E-state index contributed by atoms with van der Waals surface area (Å²) < 4.78 is 1.84. The molecule has 6 heteroatoms. The lowest BCUT2D eigenvalue weighted by Crippen LogP contribution is -2.12. The maximum atomic E-state index is 5.55. The van der Waals surface area contributed by atoms with E-state index in [2.05, 4.69) is 15.4 Å². The predicted molar refractivity (Wildman–Crippen MR) is 75.4 cm³/mol. The normalized spacial score (nSPS) is 10.3. The van der Waals surface area contributed by atoms with Crippen LogP contribution < -0.4 is 11.1 Å². The zero-order valence-electron chi connectivity index (χ0n) is 10.3. The summed E-state index contributed by atoms with van der Waals surface area (Å²) in [4.78, 5) is 4.62. The van der Waals surface area contributed by atoms with E-state index in [1.165, 1.54) is 0 Å². The Balaban J connectivity index is 2.08. The molecule has 0 atom stereocenters.